The third kappa shape index (κ3) is 17.7. The number of hydrogen-bond donors (Lipinski definition) is 0. The molecule has 0 bridgehead atoms. The second kappa shape index (κ2) is 19.5. The summed E-state index contributed by atoms with van der Waals surface area (Å²) in [5.74, 6) is -0.0978. The third-order valence-corrected chi connectivity index (χ3v) is 19.5. The van der Waals surface area contributed by atoms with Gasteiger partial charge in [-0.05, 0) is 129 Å². The normalized spacial score (nSPS) is 24.1. The Hall–Kier alpha value is -0.496. The van der Waals surface area contributed by atoms with Gasteiger partial charge in [0, 0.05) is 26.4 Å². The highest BCUT2D eigenvalue weighted by atomic mass is 35.5. The van der Waals surface area contributed by atoms with Crippen LogP contribution < -0.4 is 0 Å². The molecule has 0 radical (unpaired) electrons. The van der Waals surface area contributed by atoms with Crippen LogP contribution in [0, 0.1) is 11.3 Å². The van der Waals surface area contributed by atoms with E-state index in [0.717, 1.165) is 51.4 Å². The molecule has 0 aromatic rings. The number of methoxy groups -OCH3 is 2. The van der Waals surface area contributed by atoms with E-state index in [2.05, 4.69) is 72.5 Å². The van der Waals surface area contributed by atoms with Crippen LogP contribution >= 0.6 is 11.6 Å². The standard InChI is InChI=1S/C19H38O4Si.C17H34O3Si.C2H5ClO/c1-17(2,3)22-16(20)19(14-21-7)12-10-15(11-13-19)23-24(8,9)18(4,5)6;1-16(2,3)19-15(18)13-9-11-14(12-10-13)20-21(7,8)17(4,5)6;1-4-2-3/h15H,10-14H2,1-9H3;13-14H,9-12H2,1-8H3;2H2,1H3. The molecule has 0 aromatic carbocycles. The summed E-state index contributed by atoms with van der Waals surface area (Å²) >= 11 is 4.96. The molecule has 2 rings (SSSR count). The third-order valence-electron chi connectivity index (χ3n) is 10.2. The van der Waals surface area contributed by atoms with E-state index in [0.29, 0.717) is 18.8 Å². The van der Waals surface area contributed by atoms with Crippen LogP contribution in [0.1, 0.15) is 134 Å². The minimum absolute atomic E-state index is 0.0340. The van der Waals surface area contributed by atoms with E-state index in [1.54, 1.807) is 14.2 Å². The van der Waals surface area contributed by atoms with E-state index in [1.807, 2.05) is 41.5 Å². The van der Waals surface area contributed by atoms with Gasteiger partial charge in [-0.1, -0.05) is 53.1 Å². The molecular weight excluding hydrogens is 676 g/mol. The fourth-order valence-electron chi connectivity index (χ4n) is 5.32. The first-order valence-electron chi connectivity index (χ1n) is 18.3. The Morgan fingerprint density at radius 1 is 0.633 bits per heavy atom. The Morgan fingerprint density at radius 3 is 1.31 bits per heavy atom. The van der Waals surface area contributed by atoms with Crippen LogP contribution in [-0.4, -0.2) is 78.9 Å². The molecule has 292 valence electrons. The number of carbonyl (C=O) groups excluding carboxylic acids is 2. The molecule has 11 heteroatoms. The second-order valence-electron chi connectivity index (χ2n) is 19.1. The van der Waals surface area contributed by atoms with Crippen molar-refractivity contribution in [1.29, 1.82) is 0 Å². The van der Waals surface area contributed by atoms with Crippen molar-refractivity contribution in [3.05, 3.63) is 0 Å². The summed E-state index contributed by atoms with van der Waals surface area (Å²) in [5, 5.41) is 0.453. The summed E-state index contributed by atoms with van der Waals surface area (Å²) in [6.07, 6.45) is 7.67. The van der Waals surface area contributed by atoms with Crippen molar-refractivity contribution in [1.82, 2.24) is 0 Å². The van der Waals surface area contributed by atoms with E-state index in [4.69, 9.17) is 34.7 Å². The first-order chi connectivity index (χ1) is 22.0. The van der Waals surface area contributed by atoms with Crippen LogP contribution in [0.4, 0.5) is 0 Å². The molecule has 2 aliphatic rings. The molecule has 49 heavy (non-hydrogen) atoms. The molecule has 0 spiro atoms. The molecule has 0 aliphatic heterocycles. The number of alkyl halides is 1. The number of esters is 2. The van der Waals surface area contributed by atoms with Gasteiger partial charge in [-0.2, -0.15) is 0 Å². The lowest BCUT2D eigenvalue weighted by Crippen LogP contribution is -2.48. The molecule has 0 atom stereocenters. The van der Waals surface area contributed by atoms with Gasteiger partial charge in [0.1, 0.15) is 17.3 Å². The van der Waals surface area contributed by atoms with E-state index < -0.39 is 27.7 Å². The van der Waals surface area contributed by atoms with Crippen LogP contribution in [-0.2, 0) is 37.4 Å². The predicted molar refractivity (Wildman–Crippen MR) is 208 cm³/mol. The minimum Gasteiger partial charge on any atom is -0.460 e. The zero-order valence-electron chi connectivity index (χ0n) is 34.9. The molecule has 8 nitrogen and oxygen atoms in total. The van der Waals surface area contributed by atoms with Gasteiger partial charge in [-0.3, -0.25) is 9.59 Å². The monoisotopic (exact) mass is 752 g/mol. The highest BCUT2D eigenvalue weighted by Gasteiger charge is 2.47. The lowest BCUT2D eigenvalue weighted by molar-refractivity contribution is -0.175. The van der Waals surface area contributed by atoms with Gasteiger partial charge < -0.3 is 27.8 Å². The highest BCUT2D eigenvalue weighted by Crippen LogP contribution is 2.44. The van der Waals surface area contributed by atoms with Crippen molar-refractivity contribution in [3.8, 4) is 0 Å². The van der Waals surface area contributed by atoms with Crippen LogP contribution in [0.25, 0.3) is 0 Å². The smallest absolute Gasteiger partial charge is 0.314 e. The summed E-state index contributed by atoms with van der Waals surface area (Å²) in [7, 11) is -0.260. The number of rotatable bonds is 9. The van der Waals surface area contributed by atoms with Crippen LogP contribution in [0.3, 0.4) is 0 Å². The van der Waals surface area contributed by atoms with E-state index in [1.165, 1.54) is 0 Å². The van der Waals surface area contributed by atoms with Crippen molar-refractivity contribution >= 4 is 40.2 Å². The summed E-state index contributed by atoms with van der Waals surface area (Å²) in [6, 6.07) is 0.292. The van der Waals surface area contributed by atoms with Crippen molar-refractivity contribution in [2.45, 2.75) is 194 Å². The van der Waals surface area contributed by atoms with Gasteiger partial charge in [-0.15, -0.1) is 0 Å². The molecule has 2 fully saturated rings. The zero-order chi connectivity index (χ0) is 38.7. The van der Waals surface area contributed by atoms with Crippen LogP contribution in [0.2, 0.25) is 36.3 Å². The van der Waals surface area contributed by atoms with Crippen molar-refractivity contribution in [2.24, 2.45) is 11.3 Å². The van der Waals surface area contributed by atoms with Crippen molar-refractivity contribution < 1.29 is 37.4 Å². The van der Waals surface area contributed by atoms with E-state index in [9.17, 15) is 9.59 Å². The molecule has 2 saturated carbocycles. The summed E-state index contributed by atoms with van der Waals surface area (Å²) in [6.45, 7) is 34.7. The van der Waals surface area contributed by atoms with Crippen molar-refractivity contribution in [3.63, 3.8) is 0 Å². The number of halogens is 1. The van der Waals surface area contributed by atoms with Gasteiger partial charge in [0.05, 0.1) is 17.9 Å². The maximum atomic E-state index is 12.7. The maximum absolute atomic E-state index is 12.7. The lowest BCUT2D eigenvalue weighted by atomic mass is 9.73. The molecule has 0 unspecified atom stereocenters. The Labute approximate surface area is 309 Å². The van der Waals surface area contributed by atoms with Crippen molar-refractivity contribution in [2.75, 3.05) is 26.9 Å². The number of carbonyl (C=O) groups is 2. The topological polar surface area (TPSA) is 89.5 Å². The van der Waals surface area contributed by atoms with Gasteiger partial charge >= 0.3 is 11.9 Å². The average molecular weight is 754 g/mol. The van der Waals surface area contributed by atoms with Gasteiger partial charge in [-0.25, -0.2) is 0 Å². The Kier molecular flexibility index (Phi) is 19.3. The maximum Gasteiger partial charge on any atom is 0.314 e. The van der Waals surface area contributed by atoms with E-state index in [-0.39, 0.29) is 39.6 Å². The molecular formula is C38H77ClO8Si2. The van der Waals surface area contributed by atoms with Gasteiger partial charge in [0.2, 0.25) is 0 Å². The lowest BCUT2D eigenvalue weighted by Gasteiger charge is -2.44. The molecule has 0 amide bonds. The summed E-state index contributed by atoms with van der Waals surface area (Å²) in [5.41, 5.74) is -1.37. The number of ether oxygens (including phenoxy) is 4. The van der Waals surface area contributed by atoms with Gasteiger partial charge in [0.25, 0.3) is 0 Å². The Morgan fingerprint density at radius 2 is 1.00 bits per heavy atom. The van der Waals surface area contributed by atoms with Crippen LogP contribution in [0.15, 0.2) is 0 Å². The largest absolute Gasteiger partial charge is 0.460 e. The Bertz CT molecular complexity index is 972. The Balaban J connectivity index is 0.000000853. The molecule has 0 heterocycles. The average Bonchev–Trinajstić information content (AvgIpc) is 2.92. The minimum atomic E-state index is -1.77. The fraction of sp³-hybridized carbons (Fsp3) is 0.947. The molecule has 2 aliphatic carbocycles. The first-order valence-corrected chi connectivity index (χ1v) is 24.7. The summed E-state index contributed by atoms with van der Waals surface area (Å²) in [4.78, 5) is 24.9. The van der Waals surface area contributed by atoms with Gasteiger partial charge in [0.15, 0.2) is 16.6 Å². The quantitative estimate of drug-likeness (QED) is 0.131. The van der Waals surface area contributed by atoms with Crippen LogP contribution in [0.5, 0.6) is 0 Å². The SMILES string of the molecule is CC(C)(C)OC(=O)C1CCC(O[Si](C)(C)C(C)(C)C)CC1.COCC1(C(=O)OC(C)(C)C)CCC(O[Si](C)(C)C(C)(C)C)CC1.COCCl. The first kappa shape index (κ1) is 48.5. The zero-order valence-corrected chi connectivity index (χ0v) is 37.7. The molecule has 0 N–H and O–H groups in total. The molecule has 0 saturated heterocycles. The van der Waals surface area contributed by atoms with E-state index >= 15 is 0 Å². The summed E-state index contributed by atoms with van der Waals surface area (Å²) < 4.78 is 33.9. The number of hydrogen-bond acceptors (Lipinski definition) is 8. The fourth-order valence-corrected chi connectivity index (χ4v) is 8.17. The second-order valence-corrected chi connectivity index (χ2v) is 28.8. The predicted octanol–water partition coefficient (Wildman–Crippen LogP) is 10.7. The highest BCUT2D eigenvalue weighted by molar-refractivity contribution is 6.74. The molecule has 0 aromatic heterocycles.